The summed E-state index contributed by atoms with van der Waals surface area (Å²) in [7, 11) is 1.51. The molecule has 6 nitrogen and oxygen atoms in total. The highest BCUT2D eigenvalue weighted by Gasteiger charge is 2.40. The van der Waals surface area contributed by atoms with Gasteiger partial charge in [0.1, 0.15) is 6.04 Å². The summed E-state index contributed by atoms with van der Waals surface area (Å²) >= 11 is 0. The number of nitrogens with zero attached hydrogens (tertiary/aromatic N) is 1. The number of rotatable bonds is 5. The third-order valence-corrected chi connectivity index (χ3v) is 3.22. The van der Waals surface area contributed by atoms with E-state index < -0.39 is 18.0 Å². The first-order chi connectivity index (χ1) is 9.03. The van der Waals surface area contributed by atoms with Gasteiger partial charge in [-0.3, -0.25) is 0 Å². The number of aliphatic carboxylic acids is 1. The van der Waals surface area contributed by atoms with Gasteiger partial charge in [-0.1, -0.05) is 19.3 Å². The number of methoxy groups -OCH3 is 1. The molecule has 19 heavy (non-hydrogen) atoms. The van der Waals surface area contributed by atoms with Crippen molar-refractivity contribution in [1.29, 1.82) is 0 Å². The van der Waals surface area contributed by atoms with Crippen molar-refractivity contribution in [3.63, 3.8) is 0 Å². The van der Waals surface area contributed by atoms with Crippen LogP contribution in [-0.2, 0) is 9.53 Å². The molecule has 3 unspecified atom stereocenters. The Morgan fingerprint density at radius 1 is 1.63 bits per heavy atom. The Morgan fingerprint density at radius 2 is 2.32 bits per heavy atom. The van der Waals surface area contributed by atoms with Crippen molar-refractivity contribution in [2.75, 3.05) is 13.7 Å². The molecule has 0 saturated carbocycles. The van der Waals surface area contributed by atoms with Gasteiger partial charge in [-0.15, -0.1) is 6.42 Å². The molecular formula is C13H20N2O4. The molecule has 0 spiro atoms. The summed E-state index contributed by atoms with van der Waals surface area (Å²) in [5.74, 6) is 1.46. The SMILES string of the molecule is C#CC(CCC)NC(=O)N1CC(OC)CC1C(=O)O. The van der Waals surface area contributed by atoms with Crippen LogP contribution in [0.2, 0.25) is 0 Å². The van der Waals surface area contributed by atoms with Crippen LogP contribution >= 0.6 is 0 Å². The average Bonchev–Trinajstić information content (AvgIpc) is 2.82. The highest BCUT2D eigenvalue weighted by atomic mass is 16.5. The first-order valence-electron chi connectivity index (χ1n) is 6.32. The molecule has 0 radical (unpaired) electrons. The Morgan fingerprint density at radius 3 is 2.79 bits per heavy atom. The topological polar surface area (TPSA) is 78.9 Å². The summed E-state index contributed by atoms with van der Waals surface area (Å²) < 4.78 is 5.13. The number of carboxylic acids is 1. The third-order valence-electron chi connectivity index (χ3n) is 3.22. The zero-order valence-electron chi connectivity index (χ0n) is 11.3. The molecule has 6 heteroatoms. The Balaban J connectivity index is 2.68. The lowest BCUT2D eigenvalue weighted by atomic mass is 10.2. The zero-order chi connectivity index (χ0) is 14.4. The second-order valence-corrected chi connectivity index (χ2v) is 4.56. The number of terminal acetylenes is 1. The highest BCUT2D eigenvalue weighted by molar-refractivity contribution is 5.83. The van der Waals surface area contributed by atoms with Crippen LogP contribution in [0.25, 0.3) is 0 Å². The number of carbonyl (C=O) groups is 2. The molecule has 2 amide bonds. The van der Waals surface area contributed by atoms with Gasteiger partial charge in [0.2, 0.25) is 0 Å². The first kappa shape index (κ1) is 15.3. The van der Waals surface area contributed by atoms with E-state index in [1.807, 2.05) is 6.92 Å². The number of carboxylic acid groups (broad SMARTS) is 1. The molecule has 0 aromatic rings. The molecule has 2 N–H and O–H groups in total. The summed E-state index contributed by atoms with van der Waals surface area (Å²) in [6, 6.07) is -1.66. The number of ether oxygens (including phenoxy) is 1. The Bertz CT molecular complexity index is 377. The second kappa shape index (κ2) is 7.00. The van der Waals surface area contributed by atoms with Crippen molar-refractivity contribution < 1.29 is 19.4 Å². The van der Waals surface area contributed by atoms with E-state index in [1.54, 1.807) is 0 Å². The van der Waals surface area contributed by atoms with Crippen LogP contribution in [0.4, 0.5) is 4.79 Å². The van der Waals surface area contributed by atoms with Crippen LogP contribution in [0.3, 0.4) is 0 Å². The lowest BCUT2D eigenvalue weighted by molar-refractivity contribution is -0.141. The molecule has 1 rings (SSSR count). The van der Waals surface area contributed by atoms with Crippen molar-refractivity contribution in [3.05, 3.63) is 0 Å². The highest BCUT2D eigenvalue weighted by Crippen LogP contribution is 2.20. The molecule has 106 valence electrons. The molecule has 1 saturated heterocycles. The molecule has 0 aromatic heterocycles. The first-order valence-corrected chi connectivity index (χ1v) is 6.32. The van der Waals surface area contributed by atoms with Crippen LogP contribution in [0.15, 0.2) is 0 Å². The monoisotopic (exact) mass is 268 g/mol. The van der Waals surface area contributed by atoms with E-state index in [0.29, 0.717) is 12.8 Å². The molecule has 0 bridgehead atoms. The number of urea groups is 1. The average molecular weight is 268 g/mol. The standard InChI is InChI=1S/C13H20N2O4/c1-4-6-9(5-2)14-13(18)15-8-10(19-3)7-11(15)12(16)17/h2,9-11H,4,6-8H2,1,3H3,(H,14,18)(H,16,17). The van der Waals surface area contributed by atoms with Gasteiger partial charge in [-0.2, -0.15) is 0 Å². The van der Waals surface area contributed by atoms with Gasteiger partial charge in [0.25, 0.3) is 0 Å². The Kier molecular flexibility index (Phi) is 5.64. The zero-order valence-corrected chi connectivity index (χ0v) is 11.3. The smallest absolute Gasteiger partial charge is 0.326 e. The normalized spacial score (nSPS) is 23.7. The summed E-state index contributed by atoms with van der Waals surface area (Å²) in [6.07, 6.45) is 6.89. The van der Waals surface area contributed by atoms with Crippen LogP contribution < -0.4 is 5.32 Å². The van der Waals surface area contributed by atoms with Gasteiger partial charge in [0.15, 0.2) is 0 Å². The second-order valence-electron chi connectivity index (χ2n) is 4.56. The van der Waals surface area contributed by atoms with Gasteiger partial charge in [-0.25, -0.2) is 9.59 Å². The van der Waals surface area contributed by atoms with E-state index in [1.165, 1.54) is 12.0 Å². The third kappa shape index (κ3) is 3.86. The van der Waals surface area contributed by atoms with E-state index in [9.17, 15) is 9.59 Å². The van der Waals surface area contributed by atoms with Gasteiger partial charge < -0.3 is 20.1 Å². The molecule has 1 aliphatic rings. The summed E-state index contributed by atoms with van der Waals surface area (Å²) in [4.78, 5) is 24.5. The van der Waals surface area contributed by atoms with Crippen molar-refractivity contribution in [3.8, 4) is 12.3 Å². The largest absolute Gasteiger partial charge is 0.480 e. The Labute approximate surface area is 113 Å². The maximum Gasteiger partial charge on any atom is 0.326 e. The number of nitrogens with one attached hydrogen (secondary N) is 1. The molecule has 0 aromatic carbocycles. The summed E-state index contributed by atoms with van der Waals surface area (Å²) in [5, 5.41) is 11.8. The van der Waals surface area contributed by atoms with Gasteiger partial charge >= 0.3 is 12.0 Å². The minimum atomic E-state index is -1.03. The van der Waals surface area contributed by atoms with Crippen molar-refractivity contribution in [2.24, 2.45) is 0 Å². The molecular weight excluding hydrogens is 248 g/mol. The predicted molar refractivity (Wildman–Crippen MR) is 69.6 cm³/mol. The van der Waals surface area contributed by atoms with E-state index in [2.05, 4.69) is 11.2 Å². The van der Waals surface area contributed by atoms with Gasteiger partial charge in [0, 0.05) is 20.1 Å². The fraction of sp³-hybridized carbons (Fsp3) is 0.692. The molecule has 1 fully saturated rings. The summed E-state index contributed by atoms with van der Waals surface area (Å²) in [5.41, 5.74) is 0. The lowest BCUT2D eigenvalue weighted by Gasteiger charge is -2.23. The number of likely N-dealkylation sites (tertiary alicyclic amines) is 1. The number of hydrogen-bond donors (Lipinski definition) is 2. The molecule has 0 aliphatic carbocycles. The minimum Gasteiger partial charge on any atom is -0.480 e. The number of carbonyl (C=O) groups excluding carboxylic acids is 1. The van der Waals surface area contributed by atoms with Crippen LogP contribution in [0, 0.1) is 12.3 Å². The quantitative estimate of drug-likeness (QED) is 0.718. The molecule has 1 heterocycles. The van der Waals surface area contributed by atoms with Crippen molar-refractivity contribution >= 4 is 12.0 Å². The maximum atomic E-state index is 12.1. The van der Waals surface area contributed by atoms with E-state index in [-0.39, 0.29) is 18.7 Å². The lowest BCUT2D eigenvalue weighted by Crippen LogP contribution is -2.49. The molecule has 1 aliphatic heterocycles. The number of hydrogen-bond acceptors (Lipinski definition) is 3. The van der Waals surface area contributed by atoms with Crippen molar-refractivity contribution in [2.45, 2.75) is 44.4 Å². The Hall–Kier alpha value is -1.74. The van der Waals surface area contributed by atoms with Gasteiger partial charge in [0.05, 0.1) is 12.1 Å². The van der Waals surface area contributed by atoms with Gasteiger partial charge in [-0.05, 0) is 6.42 Å². The van der Waals surface area contributed by atoms with Crippen molar-refractivity contribution in [1.82, 2.24) is 10.2 Å². The minimum absolute atomic E-state index is 0.248. The van der Waals surface area contributed by atoms with Crippen LogP contribution in [0.1, 0.15) is 26.2 Å². The predicted octanol–water partition coefficient (Wildman–Crippen LogP) is 0.672. The number of amides is 2. The van der Waals surface area contributed by atoms with Crippen LogP contribution in [0.5, 0.6) is 0 Å². The molecule has 3 atom stereocenters. The fourth-order valence-electron chi connectivity index (χ4n) is 2.14. The van der Waals surface area contributed by atoms with E-state index in [0.717, 1.165) is 6.42 Å². The van der Waals surface area contributed by atoms with Crippen LogP contribution in [-0.4, -0.2) is 53.8 Å². The summed E-state index contributed by atoms with van der Waals surface area (Å²) in [6.45, 7) is 2.23. The fourth-order valence-corrected chi connectivity index (χ4v) is 2.14. The van der Waals surface area contributed by atoms with E-state index >= 15 is 0 Å². The maximum absolute atomic E-state index is 12.1. The van der Waals surface area contributed by atoms with E-state index in [4.69, 9.17) is 16.3 Å².